The molecule has 362 valence electrons. The molecule has 1 aliphatic rings. The summed E-state index contributed by atoms with van der Waals surface area (Å²) in [6, 6.07) is 38.3. The van der Waals surface area contributed by atoms with E-state index in [1.807, 2.05) is 107 Å². The summed E-state index contributed by atoms with van der Waals surface area (Å²) >= 11 is 9.48. The SMILES string of the molecule is O=C(Nc1ccc(-c2nc(Cc3ccccc3)cs2)cc1Br)C(F)(F)F.O=C(OCc1ccccc1)N1CCC[C@@H]1C=CCN(C(=O)C(F)(F)F)c1ccc(-c2nc(Cc3ccccc3)cs2)cc1Br. The zero-order chi connectivity index (χ0) is 49.8. The van der Waals surface area contributed by atoms with Crippen LogP contribution in [0.25, 0.3) is 21.1 Å². The number of nitrogens with zero attached hydrogens (tertiary/aromatic N) is 4. The van der Waals surface area contributed by atoms with Crippen molar-refractivity contribution < 1.29 is 45.5 Å². The minimum Gasteiger partial charge on any atom is -0.445 e. The maximum atomic E-state index is 13.7. The third-order valence-electron chi connectivity index (χ3n) is 10.6. The van der Waals surface area contributed by atoms with Crippen molar-refractivity contribution >= 4 is 83.8 Å². The second-order valence-corrected chi connectivity index (χ2v) is 19.1. The van der Waals surface area contributed by atoms with Gasteiger partial charge in [-0.05, 0) is 97.8 Å². The second-order valence-electron chi connectivity index (χ2n) is 15.7. The minimum absolute atomic E-state index is 0.0529. The molecule has 0 radical (unpaired) electrons. The van der Waals surface area contributed by atoms with Crippen molar-refractivity contribution in [3.63, 3.8) is 0 Å². The molecule has 1 atom stereocenters. The molecule has 2 aromatic heterocycles. The summed E-state index contributed by atoms with van der Waals surface area (Å²) in [7, 11) is 0. The average Bonchev–Trinajstić information content (AvgIpc) is 4.13. The van der Waals surface area contributed by atoms with Crippen LogP contribution in [0, 0.1) is 0 Å². The lowest BCUT2D eigenvalue weighted by Gasteiger charge is -2.25. The number of benzene rings is 5. The first-order valence-electron chi connectivity index (χ1n) is 21.5. The third kappa shape index (κ3) is 14.2. The molecule has 19 heteroatoms. The Labute approximate surface area is 424 Å². The van der Waals surface area contributed by atoms with Crippen molar-refractivity contribution in [1.82, 2.24) is 14.9 Å². The Hall–Kier alpha value is -6.15. The summed E-state index contributed by atoms with van der Waals surface area (Å²) in [6.45, 7) is 0.267. The maximum absolute atomic E-state index is 13.7. The molecule has 0 aliphatic carbocycles. The van der Waals surface area contributed by atoms with Gasteiger partial charge in [-0.1, -0.05) is 103 Å². The molecular formula is C51H41Br2F6N5O4S2. The van der Waals surface area contributed by atoms with E-state index in [0.717, 1.165) is 55.6 Å². The highest BCUT2D eigenvalue weighted by Gasteiger charge is 2.43. The van der Waals surface area contributed by atoms with E-state index in [9.17, 15) is 40.7 Å². The van der Waals surface area contributed by atoms with Crippen LogP contribution in [0.1, 0.15) is 40.9 Å². The van der Waals surface area contributed by atoms with Crippen LogP contribution in [0.3, 0.4) is 0 Å². The predicted molar refractivity (Wildman–Crippen MR) is 268 cm³/mol. The molecule has 0 saturated carbocycles. The van der Waals surface area contributed by atoms with Crippen molar-refractivity contribution in [3.8, 4) is 21.1 Å². The fourth-order valence-corrected chi connectivity index (χ4v) is 9.95. The standard InChI is InChI=1S/C33H29BrF3N3O3S.C18H12BrF3N2OS/c34-28-20-25(30-38-26(22-44-30)19-23-9-3-1-4-10-23)15-16-29(28)40(31(41)33(35,36)37)18-8-14-27-13-7-17-39(27)32(42)43-21-24-11-5-2-6-12-24;19-14-9-12(6-7-15(14)24-17(25)18(20,21)22)16-23-13(10-26-16)8-11-4-2-1-3-5-11/h1-6,8-12,14-16,20,22,27H,7,13,17-19,21H2;1-7,9-10H,8H2,(H,24,25)/t27-;/m1./s1. The molecular weight excluding hydrogens is 1080 g/mol. The van der Waals surface area contributed by atoms with Gasteiger partial charge in [0.25, 0.3) is 0 Å². The van der Waals surface area contributed by atoms with E-state index >= 15 is 0 Å². The van der Waals surface area contributed by atoms with Crippen molar-refractivity contribution in [1.29, 1.82) is 0 Å². The lowest BCUT2D eigenvalue weighted by atomic mass is 10.1. The number of anilines is 2. The van der Waals surface area contributed by atoms with Crippen LogP contribution in [0.15, 0.2) is 159 Å². The van der Waals surface area contributed by atoms with Crippen molar-refractivity contribution in [2.75, 3.05) is 23.3 Å². The van der Waals surface area contributed by atoms with Gasteiger partial charge in [-0.3, -0.25) is 14.5 Å². The summed E-state index contributed by atoms with van der Waals surface area (Å²) in [6.07, 6.45) is -4.59. The molecule has 1 N–H and O–H groups in total. The van der Waals surface area contributed by atoms with E-state index in [4.69, 9.17) is 9.72 Å². The minimum atomic E-state index is -5.08. The number of aromatic nitrogens is 2. The Bertz CT molecular complexity index is 2920. The first-order valence-corrected chi connectivity index (χ1v) is 24.8. The predicted octanol–water partition coefficient (Wildman–Crippen LogP) is 14.1. The molecule has 3 heterocycles. The molecule has 1 fully saturated rings. The maximum Gasteiger partial charge on any atom is 0.471 e. The Morgan fingerprint density at radius 1 is 0.714 bits per heavy atom. The summed E-state index contributed by atoms with van der Waals surface area (Å²) < 4.78 is 84.2. The third-order valence-corrected chi connectivity index (χ3v) is 13.8. The quantitative estimate of drug-likeness (QED) is 0.0911. The lowest BCUT2D eigenvalue weighted by molar-refractivity contribution is -0.170. The van der Waals surface area contributed by atoms with E-state index in [2.05, 4.69) is 36.8 Å². The van der Waals surface area contributed by atoms with Gasteiger partial charge in [-0.15, -0.1) is 22.7 Å². The van der Waals surface area contributed by atoms with Crippen molar-refractivity contribution in [3.05, 3.63) is 187 Å². The van der Waals surface area contributed by atoms with Crippen LogP contribution in [0.5, 0.6) is 0 Å². The fraction of sp³-hybridized carbons (Fsp3) is 0.196. The highest BCUT2D eigenvalue weighted by atomic mass is 79.9. The smallest absolute Gasteiger partial charge is 0.445 e. The van der Waals surface area contributed by atoms with Gasteiger partial charge in [0, 0.05) is 56.8 Å². The van der Waals surface area contributed by atoms with Gasteiger partial charge in [0.15, 0.2) is 0 Å². The number of rotatable bonds is 13. The summed E-state index contributed by atoms with van der Waals surface area (Å²) in [5.74, 6) is -3.99. The largest absolute Gasteiger partial charge is 0.471 e. The topological polar surface area (TPSA) is 105 Å². The van der Waals surface area contributed by atoms with E-state index in [1.54, 1.807) is 35.2 Å². The first kappa shape index (κ1) is 51.7. The molecule has 0 spiro atoms. The zero-order valence-electron chi connectivity index (χ0n) is 36.7. The van der Waals surface area contributed by atoms with Crippen LogP contribution in [-0.4, -0.2) is 64.3 Å². The van der Waals surface area contributed by atoms with Crippen molar-refractivity contribution in [2.45, 2.75) is 50.7 Å². The van der Waals surface area contributed by atoms with Gasteiger partial charge in [-0.2, -0.15) is 26.3 Å². The van der Waals surface area contributed by atoms with Crippen LogP contribution in [0.2, 0.25) is 0 Å². The number of carbonyl (C=O) groups excluding carboxylic acids is 3. The fourth-order valence-electron chi connectivity index (χ4n) is 7.24. The van der Waals surface area contributed by atoms with E-state index in [1.165, 1.54) is 40.9 Å². The van der Waals surface area contributed by atoms with Gasteiger partial charge >= 0.3 is 30.3 Å². The molecule has 8 rings (SSSR count). The number of amides is 3. The number of hydrogen-bond donors (Lipinski definition) is 1. The number of hydrogen-bond acceptors (Lipinski definition) is 8. The highest BCUT2D eigenvalue weighted by molar-refractivity contribution is 9.11. The van der Waals surface area contributed by atoms with Crippen LogP contribution < -0.4 is 10.2 Å². The first-order chi connectivity index (χ1) is 33.5. The summed E-state index contributed by atoms with van der Waals surface area (Å²) in [5, 5.41) is 7.22. The molecule has 1 aliphatic heterocycles. The molecule has 5 aromatic carbocycles. The average molecular weight is 1130 g/mol. The highest BCUT2D eigenvalue weighted by Crippen LogP contribution is 2.36. The number of ether oxygens (including phenoxy) is 1. The summed E-state index contributed by atoms with van der Waals surface area (Å²) in [5.41, 5.74) is 6.54. The molecule has 70 heavy (non-hydrogen) atoms. The second kappa shape index (κ2) is 23.6. The van der Waals surface area contributed by atoms with Gasteiger partial charge in [-0.25, -0.2) is 14.8 Å². The van der Waals surface area contributed by atoms with Crippen LogP contribution in [0.4, 0.5) is 42.5 Å². The normalized spacial score (nSPS) is 13.7. The van der Waals surface area contributed by atoms with Gasteiger partial charge in [0.2, 0.25) is 0 Å². The summed E-state index contributed by atoms with van der Waals surface area (Å²) in [4.78, 5) is 47.8. The number of halogens is 8. The Morgan fingerprint density at radius 2 is 1.24 bits per heavy atom. The van der Waals surface area contributed by atoms with Crippen molar-refractivity contribution in [2.24, 2.45) is 0 Å². The van der Waals surface area contributed by atoms with Crippen LogP contribution >= 0.6 is 54.5 Å². The molecule has 9 nitrogen and oxygen atoms in total. The van der Waals surface area contributed by atoms with Gasteiger partial charge < -0.3 is 15.0 Å². The molecule has 0 unspecified atom stereocenters. The molecule has 0 bridgehead atoms. The Balaban J connectivity index is 0.000000236. The number of thiazole rings is 2. The van der Waals surface area contributed by atoms with E-state index < -0.39 is 30.3 Å². The zero-order valence-corrected chi connectivity index (χ0v) is 41.5. The van der Waals surface area contributed by atoms with E-state index in [0.29, 0.717) is 39.7 Å². The number of likely N-dealkylation sites (tertiary alicyclic amines) is 1. The molecule has 7 aromatic rings. The van der Waals surface area contributed by atoms with Gasteiger partial charge in [0.05, 0.1) is 28.8 Å². The number of alkyl halides is 6. The van der Waals surface area contributed by atoms with E-state index in [-0.39, 0.29) is 30.6 Å². The monoisotopic (exact) mass is 1120 g/mol. The molecule has 3 amide bonds. The van der Waals surface area contributed by atoms with Gasteiger partial charge in [0.1, 0.15) is 16.6 Å². The number of nitrogens with one attached hydrogen (secondary N) is 1. The van der Waals surface area contributed by atoms with Crippen LogP contribution in [-0.2, 0) is 33.8 Å². The molecule has 1 saturated heterocycles. The Morgan fingerprint density at radius 3 is 1.76 bits per heavy atom. The lowest BCUT2D eigenvalue weighted by Crippen LogP contribution is -2.41. The Kier molecular flexibility index (Phi) is 17.5. The number of carbonyl (C=O) groups is 3.